The summed E-state index contributed by atoms with van der Waals surface area (Å²) in [4.78, 5) is 23.8. The first-order chi connectivity index (χ1) is 12.0. The maximum Gasteiger partial charge on any atom is 0.491 e. The average molecular weight is 343 g/mol. The maximum absolute atomic E-state index is 12.8. The highest BCUT2D eigenvalue weighted by molar-refractivity contribution is 6.61. The van der Waals surface area contributed by atoms with Gasteiger partial charge in [0.2, 0.25) is 0 Å². The van der Waals surface area contributed by atoms with E-state index in [0.29, 0.717) is 23.2 Å². The standard InChI is InChI=1S/C17H15BFNO5/c19-14-5-1-11(2-6-14)9-24-16(21)8-20-17(22)12-3-4-13-10-25-18(23)15(13)7-12/h1-7,23H,8-10H2,(H,20,22). The minimum absolute atomic E-state index is 0.00262. The molecule has 25 heavy (non-hydrogen) atoms. The van der Waals surface area contributed by atoms with E-state index in [2.05, 4.69) is 5.32 Å². The van der Waals surface area contributed by atoms with Crippen LogP contribution in [-0.4, -0.2) is 30.6 Å². The van der Waals surface area contributed by atoms with Gasteiger partial charge in [-0.2, -0.15) is 0 Å². The van der Waals surface area contributed by atoms with Gasteiger partial charge in [-0.05, 0) is 40.9 Å². The number of carbonyl (C=O) groups is 2. The molecule has 0 aromatic heterocycles. The Morgan fingerprint density at radius 1 is 1.24 bits per heavy atom. The van der Waals surface area contributed by atoms with E-state index >= 15 is 0 Å². The third kappa shape index (κ3) is 4.23. The minimum Gasteiger partial charge on any atom is -0.460 e. The number of carbonyl (C=O) groups excluding carboxylic acids is 2. The molecule has 128 valence electrons. The van der Waals surface area contributed by atoms with Crippen molar-refractivity contribution in [3.05, 3.63) is 65.0 Å². The Balaban J connectivity index is 1.49. The van der Waals surface area contributed by atoms with Crippen molar-refractivity contribution < 1.29 is 28.4 Å². The Labute approximate surface area is 143 Å². The third-order valence-electron chi connectivity index (χ3n) is 3.78. The predicted molar refractivity (Wildman–Crippen MR) is 87.4 cm³/mol. The summed E-state index contributed by atoms with van der Waals surface area (Å²) < 4.78 is 22.9. The van der Waals surface area contributed by atoms with Crippen molar-refractivity contribution in [1.29, 1.82) is 0 Å². The molecule has 6 nitrogen and oxygen atoms in total. The predicted octanol–water partition coefficient (Wildman–Crippen LogP) is 0.517. The van der Waals surface area contributed by atoms with Crippen molar-refractivity contribution in [3.8, 4) is 0 Å². The normalized spacial score (nSPS) is 12.6. The van der Waals surface area contributed by atoms with Crippen LogP contribution in [0.15, 0.2) is 42.5 Å². The van der Waals surface area contributed by atoms with E-state index in [0.717, 1.165) is 5.56 Å². The first-order valence-corrected chi connectivity index (χ1v) is 7.63. The zero-order chi connectivity index (χ0) is 17.8. The molecule has 0 aliphatic carbocycles. The van der Waals surface area contributed by atoms with Crippen LogP contribution in [0.3, 0.4) is 0 Å². The van der Waals surface area contributed by atoms with E-state index in [1.54, 1.807) is 12.1 Å². The second-order valence-electron chi connectivity index (χ2n) is 5.55. The second kappa shape index (κ2) is 7.46. The van der Waals surface area contributed by atoms with Gasteiger partial charge in [-0.1, -0.05) is 18.2 Å². The molecular formula is C17H15BFNO5. The number of halogens is 1. The summed E-state index contributed by atoms with van der Waals surface area (Å²) in [6, 6.07) is 10.4. The molecule has 0 bridgehead atoms. The van der Waals surface area contributed by atoms with Gasteiger partial charge in [-0.25, -0.2) is 4.39 Å². The molecule has 2 aromatic carbocycles. The molecule has 3 rings (SSSR count). The fourth-order valence-corrected chi connectivity index (χ4v) is 2.41. The highest BCUT2D eigenvalue weighted by Gasteiger charge is 2.28. The van der Waals surface area contributed by atoms with Crippen LogP contribution < -0.4 is 10.8 Å². The van der Waals surface area contributed by atoms with Gasteiger partial charge in [0, 0.05) is 5.56 Å². The summed E-state index contributed by atoms with van der Waals surface area (Å²) in [5.74, 6) is -1.44. The summed E-state index contributed by atoms with van der Waals surface area (Å²) >= 11 is 0. The van der Waals surface area contributed by atoms with E-state index < -0.39 is 19.0 Å². The summed E-state index contributed by atoms with van der Waals surface area (Å²) in [6.45, 7) is 0.00162. The summed E-state index contributed by atoms with van der Waals surface area (Å²) in [7, 11) is -1.04. The molecule has 8 heteroatoms. The molecule has 2 N–H and O–H groups in total. The lowest BCUT2D eigenvalue weighted by Crippen LogP contribution is -2.33. The van der Waals surface area contributed by atoms with E-state index in [-0.39, 0.29) is 19.0 Å². The summed E-state index contributed by atoms with van der Waals surface area (Å²) in [5.41, 5.74) is 2.33. The van der Waals surface area contributed by atoms with E-state index in [1.165, 1.54) is 30.3 Å². The molecule has 0 saturated carbocycles. The number of rotatable bonds is 5. The minimum atomic E-state index is -1.04. The van der Waals surface area contributed by atoms with Crippen LogP contribution in [0.4, 0.5) is 4.39 Å². The molecule has 0 fully saturated rings. The van der Waals surface area contributed by atoms with Crippen LogP contribution in [0.1, 0.15) is 21.5 Å². The Bertz CT molecular complexity index is 796. The molecule has 0 atom stereocenters. The number of fused-ring (bicyclic) bond motifs is 1. The molecule has 0 unspecified atom stereocenters. The van der Waals surface area contributed by atoms with Gasteiger partial charge in [0.05, 0.1) is 6.61 Å². The van der Waals surface area contributed by atoms with Crippen LogP contribution >= 0.6 is 0 Å². The lowest BCUT2D eigenvalue weighted by atomic mass is 9.79. The molecule has 0 saturated heterocycles. The third-order valence-corrected chi connectivity index (χ3v) is 3.78. The summed E-state index contributed by atoms with van der Waals surface area (Å²) in [5, 5.41) is 12.1. The molecule has 1 heterocycles. The fraction of sp³-hybridized carbons (Fsp3) is 0.176. The molecular weight excluding hydrogens is 328 g/mol. The van der Waals surface area contributed by atoms with Gasteiger partial charge in [0.1, 0.15) is 19.0 Å². The van der Waals surface area contributed by atoms with E-state index in [9.17, 15) is 19.0 Å². The van der Waals surface area contributed by atoms with Crippen molar-refractivity contribution >= 4 is 24.5 Å². The van der Waals surface area contributed by atoms with E-state index in [1.807, 2.05) is 0 Å². The van der Waals surface area contributed by atoms with E-state index in [4.69, 9.17) is 9.39 Å². The molecule has 1 aliphatic heterocycles. The first-order valence-electron chi connectivity index (χ1n) is 7.63. The highest BCUT2D eigenvalue weighted by Crippen LogP contribution is 2.11. The Morgan fingerprint density at radius 3 is 2.76 bits per heavy atom. The van der Waals surface area contributed by atoms with Crippen LogP contribution in [0.25, 0.3) is 0 Å². The van der Waals surface area contributed by atoms with Crippen LogP contribution in [0.5, 0.6) is 0 Å². The van der Waals surface area contributed by atoms with Crippen molar-refractivity contribution in [2.24, 2.45) is 0 Å². The first kappa shape index (κ1) is 17.1. The maximum atomic E-state index is 12.8. The number of esters is 1. The van der Waals surface area contributed by atoms with Gasteiger partial charge in [0.25, 0.3) is 5.91 Å². The molecule has 2 aromatic rings. The zero-order valence-electron chi connectivity index (χ0n) is 13.2. The molecule has 1 aliphatic rings. The van der Waals surface area contributed by atoms with Crippen LogP contribution in [-0.2, 0) is 27.4 Å². The van der Waals surface area contributed by atoms with Gasteiger partial charge < -0.3 is 19.7 Å². The smallest absolute Gasteiger partial charge is 0.460 e. The number of nitrogens with one attached hydrogen (secondary N) is 1. The average Bonchev–Trinajstić information content (AvgIpc) is 2.99. The Hall–Kier alpha value is -2.71. The van der Waals surface area contributed by atoms with Gasteiger partial charge in [0.15, 0.2) is 0 Å². The largest absolute Gasteiger partial charge is 0.491 e. The number of benzene rings is 2. The van der Waals surface area contributed by atoms with Crippen molar-refractivity contribution in [2.75, 3.05) is 6.54 Å². The van der Waals surface area contributed by atoms with Gasteiger partial charge >= 0.3 is 13.1 Å². The van der Waals surface area contributed by atoms with Crippen LogP contribution in [0.2, 0.25) is 0 Å². The number of hydrogen-bond donors (Lipinski definition) is 2. The topological polar surface area (TPSA) is 84.9 Å². The van der Waals surface area contributed by atoms with Gasteiger partial charge in [-0.15, -0.1) is 0 Å². The second-order valence-corrected chi connectivity index (χ2v) is 5.55. The number of hydrogen-bond acceptors (Lipinski definition) is 5. The Morgan fingerprint density at radius 2 is 2.00 bits per heavy atom. The molecule has 1 amide bonds. The lowest BCUT2D eigenvalue weighted by molar-refractivity contribution is -0.143. The monoisotopic (exact) mass is 343 g/mol. The zero-order valence-corrected chi connectivity index (χ0v) is 13.2. The van der Waals surface area contributed by atoms with Crippen LogP contribution in [0, 0.1) is 5.82 Å². The Kier molecular flexibility index (Phi) is 5.11. The lowest BCUT2D eigenvalue weighted by Gasteiger charge is -2.08. The number of ether oxygens (including phenoxy) is 1. The summed E-state index contributed by atoms with van der Waals surface area (Å²) in [6.07, 6.45) is 0. The molecule has 0 spiro atoms. The SMILES string of the molecule is O=C(CNC(=O)c1ccc2c(c1)B(O)OC2)OCc1ccc(F)cc1. The number of amides is 1. The van der Waals surface area contributed by atoms with Crippen molar-refractivity contribution in [3.63, 3.8) is 0 Å². The van der Waals surface area contributed by atoms with Gasteiger partial charge in [-0.3, -0.25) is 9.59 Å². The highest BCUT2D eigenvalue weighted by atomic mass is 19.1. The van der Waals surface area contributed by atoms with Crippen molar-refractivity contribution in [1.82, 2.24) is 5.32 Å². The fourth-order valence-electron chi connectivity index (χ4n) is 2.41. The van der Waals surface area contributed by atoms with Crippen molar-refractivity contribution in [2.45, 2.75) is 13.2 Å². The quantitative estimate of drug-likeness (QED) is 0.611. The molecule has 0 radical (unpaired) electrons.